The Kier molecular flexibility index (Phi) is 5.60. The van der Waals surface area contributed by atoms with Crippen molar-refractivity contribution in [2.24, 2.45) is 23.7 Å². The fourth-order valence-corrected chi connectivity index (χ4v) is 6.24. The van der Waals surface area contributed by atoms with E-state index in [4.69, 9.17) is 0 Å². The SMILES string of the molecule is CC(CN1C(=O)[C@](C)(C(C)C)S[C@H]1NC1CC2CCC1C2)C(C)(O)C(=O)O. The van der Waals surface area contributed by atoms with Crippen LogP contribution in [0.2, 0.25) is 0 Å². The van der Waals surface area contributed by atoms with Crippen molar-refractivity contribution in [3.05, 3.63) is 0 Å². The molecule has 3 N–H and O–H groups in total. The fourth-order valence-electron chi connectivity index (χ4n) is 4.74. The number of hydrogen-bond acceptors (Lipinski definition) is 5. The number of hydrogen-bond donors (Lipinski definition) is 3. The van der Waals surface area contributed by atoms with Gasteiger partial charge in [0.2, 0.25) is 5.91 Å². The highest BCUT2D eigenvalue weighted by atomic mass is 32.2. The Balaban J connectivity index is 1.78. The van der Waals surface area contributed by atoms with E-state index in [1.54, 1.807) is 23.6 Å². The number of aliphatic hydroxyl groups is 1. The Morgan fingerprint density at radius 3 is 2.52 bits per heavy atom. The van der Waals surface area contributed by atoms with Crippen molar-refractivity contribution in [3.8, 4) is 0 Å². The van der Waals surface area contributed by atoms with Gasteiger partial charge >= 0.3 is 5.97 Å². The lowest BCUT2D eigenvalue weighted by molar-refractivity contribution is -0.163. The molecular formula is C20H34N2O4S. The van der Waals surface area contributed by atoms with Crippen molar-refractivity contribution in [1.82, 2.24) is 10.2 Å². The predicted molar refractivity (Wildman–Crippen MR) is 106 cm³/mol. The van der Waals surface area contributed by atoms with E-state index in [2.05, 4.69) is 19.2 Å². The second-order valence-corrected chi connectivity index (χ2v) is 11.0. The Morgan fingerprint density at radius 2 is 2.04 bits per heavy atom. The number of thioether (sulfide) groups is 1. The van der Waals surface area contributed by atoms with E-state index in [1.165, 1.54) is 32.6 Å². The number of aliphatic carboxylic acids is 1. The van der Waals surface area contributed by atoms with E-state index in [0.717, 1.165) is 5.92 Å². The van der Waals surface area contributed by atoms with Gasteiger partial charge in [0.05, 0.1) is 4.75 Å². The smallest absolute Gasteiger partial charge is 0.335 e. The monoisotopic (exact) mass is 398 g/mol. The Labute approximate surface area is 166 Å². The minimum atomic E-state index is -1.86. The van der Waals surface area contributed by atoms with Crippen LogP contribution in [0.4, 0.5) is 0 Å². The zero-order valence-corrected chi connectivity index (χ0v) is 17.9. The molecule has 27 heavy (non-hydrogen) atoms. The van der Waals surface area contributed by atoms with Crippen LogP contribution >= 0.6 is 11.8 Å². The van der Waals surface area contributed by atoms with E-state index in [1.807, 2.05) is 6.92 Å². The van der Waals surface area contributed by atoms with Crippen LogP contribution in [0.15, 0.2) is 0 Å². The van der Waals surface area contributed by atoms with Gasteiger partial charge in [-0.15, -0.1) is 11.8 Å². The number of fused-ring (bicyclic) bond motifs is 2. The molecule has 5 unspecified atom stereocenters. The standard InChI is InChI=1S/C20H34N2O4S/c1-11(2)20(5)16(23)22(10-12(3)19(4,26)17(24)25)18(27-20)21-15-9-13-6-7-14(15)8-13/h11-15,18,21,26H,6-10H2,1-5H3,(H,24,25)/t12?,13?,14?,15?,18-,19?,20-/m0/s1. The molecule has 1 aliphatic heterocycles. The van der Waals surface area contributed by atoms with Gasteiger partial charge < -0.3 is 15.1 Å². The normalized spacial score (nSPS) is 39.2. The Bertz CT molecular complexity index is 611. The third-order valence-corrected chi connectivity index (χ3v) is 9.13. The molecule has 3 aliphatic rings. The zero-order valence-electron chi connectivity index (χ0n) is 17.1. The van der Waals surface area contributed by atoms with E-state index in [-0.39, 0.29) is 23.9 Å². The third-order valence-electron chi connectivity index (χ3n) is 7.38. The van der Waals surface area contributed by atoms with Crippen molar-refractivity contribution >= 4 is 23.6 Å². The number of amides is 1. The lowest BCUT2D eigenvalue weighted by Crippen LogP contribution is -2.53. The quantitative estimate of drug-likeness (QED) is 0.611. The molecule has 2 aliphatic carbocycles. The van der Waals surface area contributed by atoms with Crippen molar-refractivity contribution in [1.29, 1.82) is 0 Å². The summed E-state index contributed by atoms with van der Waals surface area (Å²) < 4.78 is -0.538. The molecule has 1 saturated heterocycles. The van der Waals surface area contributed by atoms with Gasteiger partial charge in [-0.1, -0.05) is 27.2 Å². The van der Waals surface area contributed by atoms with Gasteiger partial charge in [-0.3, -0.25) is 10.1 Å². The highest BCUT2D eigenvalue weighted by Gasteiger charge is 2.54. The summed E-state index contributed by atoms with van der Waals surface area (Å²) in [6.45, 7) is 9.34. The van der Waals surface area contributed by atoms with Gasteiger partial charge in [-0.25, -0.2) is 4.79 Å². The maximum Gasteiger partial charge on any atom is 0.335 e. The number of carbonyl (C=O) groups excluding carboxylic acids is 1. The van der Waals surface area contributed by atoms with Gasteiger partial charge in [0.1, 0.15) is 5.50 Å². The van der Waals surface area contributed by atoms with Crippen LogP contribution in [-0.4, -0.2) is 55.4 Å². The summed E-state index contributed by atoms with van der Waals surface area (Å²) in [4.78, 5) is 26.5. The number of nitrogens with zero attached hydrogens (tertiary/aromatic N) is 1. The summed E-state index contributed by atoms with van der Waals surface area (Å²) >= 11 is 1.65. The molecule has 1 amide bonds. The molecular weight excluding hydrogens is 364 g/mol. The van der Waals surface area contributed by atoms with E-state index in [0.29, 0.717) is 12.0 Å². The summed E-state index contributed by atoms with van der Waals surface area (Å²) in [6.07, 6.45) is 5.05. The fraction of sp³-hybridized carbons (Fsp3) is 0.900. The van der Waals surface area contributed by atoms with Crippen LogP contribution in [0.5, 0.6) is 0 Å². The van der Waals surface area contributed by atoms with Gasteiger partial charge in [-0.05, 0) is 50.9 Å². The number of carboxylic acid groups (broad SMARTS) is 1. The van der Waals surface area contributed by atoms with E-state index >= 15 is 0 Å². The highest BCUT2D eigenvalue weighted by Crippen LogP contribution is 2.48. The summed E-state index contributed by atoms with van der Waals surface area (Å²) in [5.74, 6) is -0.114. The Hall–Kier alpha value is -0.790. The number of rotatable bonds is 7. The second-order valence-electron chi connectivity index (χ2n) is 9.49. The summed E-state index contributed by atoms with van der Waals surface area (Å²) in [5, 5.41) is 23.4. The highest BCUT2D eigenvalue weighted by molar-refractivity contribution is 8.02. The first-order valence-corrected chi connectivity index (χ1v) is 11.1. The van der Waals surface area contributed by atoms with Gasteiger partial charge in [0, 0.05) is 18.5 Å². The maximum absolute atomic E-state index is 13.3. The van der Waals surface area contributed by atoms with Gasteiger partial charge in [-0.2, -0.15) is 0 Å². The van der Waals surface area contributed by atoms with Crippen LogP contribution in [0.3, 0.4) is 0 Å². The first-order chi connectivity index (χ1) is 12.5. The molecule has 3 rings (SSSR count). The lowest BCUT2D eigenvalue weighted by Gasteiger charge is -2.35. The molecule has 0 spiro atoms. The van der Waals surface area contributed by atoms with Crippen LogP contribution in [0.1, 0.15) is 60.3 Å². The van der Waals surface area contributed by atoms with E-state index < -0.39 is 22.2 Å². The van der Waals surface area contributed by atoms with Crippen LogP contribution in [-0.2, 0) is 9.59 Å². The van der Waals surface area contributed by atoms with Crippen molar-refractivity contribution in [3.63, 3.8) is 0 Å². The largest absolute Gasteiger partial charge is 0.479 e. The molecule has 3 fully saturated rings. The second kappa shape index (κ2) is 7.23. The molecule has 0 aromatic carbocycles. The maximum atomic E-state index is 13.3. The zero-order chi connectivity index (χ0) is 20.1. The summed E-state index contributed by atoms with van der Waals surface area (Å²) in [5.41, 5.74) is -2.03. The average molecular weight is 399 g/mol. The first-order valence-electron chi connectivity index (χ1n) is 10.2. The molecule has 0 aromatic heterocycles. The van der Waals surface area contributed by atoms with Crippen molar-refractivity contribution in [2.75, 3.05) is 6.54 Å². The van der Waals surface area contributed by atoms with E-state index in [9.17, 15) is 19.8 Å². The van der Waals surface area contributed by atoms with Crippen molar-refractivity contribution in [2.45, 2.75) is 82.2 Å². The van der Waals surface area contributed by atoms with Crippen LogP contribution in [0.25, 0.3) is 0 Å². The molecule has 2 saturated carbocycles. The third kappa shape index (κ3) is 3.62. The number of carbonyl (C=O) groups is 2. The topological polar surface area (TPSA) is 89.9 Å². The molecule has 154 valence electrons. The average Bonchev–Trinajstić information content (AvgIpc) is 3.25. The Morgan fingerprint density at radius 1 is 1.37 bits per heavy atom. The molecule has 0 radical (unpaired) electrons. The van der Waals surface area contributed by atoms with Crippen molar-refractivity contribution < 1.29 is 19.8 Å². The summed E-state index contributed by atoms with van der Waals surface area (Å²) in [6, 6.07) is 0.432. The molecule has 7 heteroatoms. The van der Waals surface area contributed by atoms with Crippen LogP contribution < -0.4 is 5.32 Å². The lowest BCUT2D eigenvalue weighted by atomic mass is 9.89. The number of carboxylic acids is 1. The van der Waals surface area contributed by atoms with Gasteiger partial charge in [0.25, 0.3) is 0 Å². The molecule has 7 atom stereocenters. The summed E-state index contributed by atoms with van der Waals surface area (Å²) in [7, 11) is 0. The first kappa shape index (κ1) is 20.9. The number of nitrogens with one attached hydrogen (secondary N) is 1. The molecule has 6 nitrogen and oxygen atoms in total. The van der Waals surface area contributed by atoms with Gasteiger partial charge in [0.15, 0.2) is 5.60 Å². The predicted octanol–water partition coefficient (Wildman–Crippen LogP) is 2.51. The molecule has 1 heterocycles. The molecule has 2 bridgehead atoms. The molecule has 0 aromatic rings. The minimum Gasteiger partial charge on any atom is -0.479 e. The van der Waals surface area contributed by atoms with Crippen LogP contribution in [0, 0.1) is 23.7 Å². The minimum absolute atomic E-state index is 0.0381.